The molecule has 1 aromatic carbocycles. The lowest BCUT2D eigenvalue weighted by atomic mass is 10.1. The molecule has 5 nitrogen and oxygen atoms in total. The van der Waals surface area contributed by atoms with Crippen LogP contribution in [0.4, 0.5) is 5.69 Å². The van der Waals surface area contributed by atoms with Crippen LogP contribution in [0, 0.1) is 0 Å². The van der Waals surface area contributed by atoms with Crippen molar-refractivity contribution in [2.75, 3.05) is 18.9 Å². The molecule has 0 aromatic heterocycles. The van der Waals surface area contributed by atoms with Crippen molar-refractivity contribution in [3.63, 3.8) is 0 Å². The molecule has 0 amide bonds. The number of anilines is 1. The van der Waals surface area contributed by atoms with Gasteiger partial charge in [-0.05, 0) is 17.7 Å². The van der Waals surface area contributed by atoms with E-state index >= 15 is 0 Å². The summed E-state index contributed by atoms with van der Waals surface area (Å²) in [5.41, 5.74) is 6.64. The molecule has 1 rings (SSSR count). The number of hydrogen-bond donors (Lipinski definition) is 3. The van der Waals surface area contributed by atoms with E-state index in [-0.39, 0.29) is 19.6 Å². The van der Waals surface area contributed by atoms with Crippen LogP contribution >= 0.6 is 0 Å². The molecular weight excluding hydrogens is 198 g/mol. The van der Waals surface area contributed by atoms with Crippen LogP contribution in [-0.4, -0.2) is 29.4 Å². The van der Waals surface area contributed by atoms with Crippen molar-refractivity contribution in [3.8, 4) is 5.75 Å². The van der Waals surface area contributed by atoms with Crippen molar-refractivity contribution in [2.24, 2.45) is 0 Å². The Hall–Kier alpha value is -1.75. The molecule has 82 valence electrons. The van der Waals surface area contributed by atoms with Gasteiger partial charge in [-0.15, -0.1) is 0 Å². The third-order valence-corrected chi connectivity index (χ3v) is 1.78. The first-order valence-corrected chi connectivity index (χ1v) is 4.47. The van der Waals surface area contributed by atoms with E-state index in [0.717, 1.165) is 0 Å². The van der Waals surface area contributed by atoms with Crippen molar-refractivity contribution < 1.29 is 19.7 Å². The predicted molar refractivity (Wildman–Crippen MR) is 54.8 cm³/mol. The maximum atomic E-state index is 10.4. The van der Waals surface area contributed by atoms with Gasteiger partial charge in [-0.25, -0.2) is 0 Å². The summed E-state index contributed by atoms with van der Waals surface area (Å²) in [4.78, 5) is 10.4. The number of aliphatic carboxylic acids is 1. The zero-order chi connectivity index (χ0) is 11.3. The summed E-state index contributed by atoms with van der Waals surface area (Å²) in [5, 5.41) is 17.1. The number of nitrogens with two attached hydrogens (primary N) is 1. The van der Waals surface area contributed by atoms with Crippen LogP contribution in [-0.2, 0) is 11.2 Å². The van der Waals surface area contributed by atoms with E-state index in [1.54, 1.807) is 18.2 Å². The first-order valence-electron chi connectivity index (χ1n) is 4.47. The number of aliphatic hydroxyl groups excluding tert-OH is 1. The largest absolute Gasteiger partial charge is 0.489 e. The van der Waals surface area contributed by atoms with Crippen molar-refractivity contribution >= 4 is 11.7 Å². The molecule has 1 aromatic rings. The maximum absolute atomic E-state index is 10.4. The second-order valence-electron chi connectivity index (χ2n) is 3.01. The number of carboxylic acids is 1. The molecule has 0 aliphatic rings. The number of benzene rings is 1. The van der Waals surface area contributed by atoms with Crippen LogP contribution in [0.3, 0.4) is 0 Å². The molecule has 0 saturated carbocycles. The molecular formula is C10H13NO4. The Morgan fingerprint density at radius 1 is 1.47 bits per heavy atom. The first-order chi connectivity index (χ1) is 7.13. The van der Waals surface area contributed by atoms with Crippen LogP contribution in [0.5, 0.6) is 5.75 Å². The topological polar surface area (TPSA) is 92.8 Å². The molecule has 0 unspecified atom stereocenters. The highest BCUT2D eigenvalue weighted by Crippen LogP contribution is 2.22. The van der Waals surface area contributed by atoms with E-state index in [1.807, 2.05) is 0 Å². The van der Waals surface area contributed by atoms with Crippen molar-refractivity contribution in [3.05, 3.63) is 23.8 Å². The predicted octanol–water partition coefficient (Wildman–Crippen LogP) is 0.267. The smallest absolute Gasteiger partial charge is 0.307 e. The Bertz CT molecular complexity index is 351. The lowest BCUT2D eigenvalue weighted by Gasteiger charge is -2.08. The molecule has 15 heavy (non-hydrogen) atoms. The number of carbonyl (C=O) groups is 1. The number of rotatable bonds is 5. The minimum absolute atomic E-state index is 0.0650. The molecule has 0 spiro atoms. The van der Waals surface area contributed by atoms with Crippen LogP contribution in [0.2, 0.25) is 0 Å². The number of hydrogen-bond acceptors (Lipinski definition) is 4. The van der Waals surface area contributed by atoms with Crippen molar-refractivity contribution in [1.29, 1.82) is 0 Å². The highest BCUT2D eigenvalue weighted by atomic mass is 16.5. The zero-order valence-corrected chi connectivity index (χ0v) is 8.14. The fourth-order valence-electron chi connectivity index (χ4n) is 1.17. The van der Waals surface area contributed by atoms with Crippen LogP contribution in [0.25, 0.3) is 0 Å². The molecule has 5 heteroatoms. The lowest BCUT2D eigenvalue weighted by Crippen LogP contribution is -2.05. The molecule has 0 aliphatic heterocycles. The second-order valence-corrected chi connectivity index (χ2v) is 3.01. The summed E-state index contributed by atoms with van der Waals surface area (Å²) in [6, 6.07) is 4.79. The number of carboxylic acid groups (broad SMARTS) is 1. The van der Waals surface area contributed by atoms with Crippen LogP contribution < -0.4 is 10.5 Å². The molecule has 0 heterocycles. The zero-order valence-electron chi connectivity index (χ0n) is 8.14. The van der Waals surface area contributed by atoms with Crippen molar-refractivity contribution in [2.45, 2.75) is 6.42 Å². The third-order valence-electron chi connectivity index (χ3n) is 1.78. The van der Waals surface area contributed by atoms with Crippen molar-refractivity contribution in [1.82, 2.24) is 0 Å². The Balaban J connectivity index is 2.74. The Morgan fingerprint density at radius 3 is 2.73 bits per heavy atom. The number of nitrogen functional groups attached to an aromatic ring is 1. The summed E-state index contributed by atoms with van der Waals surface area (Å²) in [5.74, 6) is -0.448. The average Bonchev–Trinajstić information content (AvgIpc) is 2.15. The number of aliphatic hydroxyl groups is 1. The summed E-state index contributed by atoms with van der Waals surface area (Å²) in [7, 11) is 0. The van der Waals surface area contributed by atoms with E-state index in [4.69, 9.17) is 20.7 Å². The molecule has 4 N–H and O–H groups in total. The monoisotopic (exact) mass is 211 g/mol. The van der Waals surface area contributed by atoms with Gasteiger partial charge in [0.2, 0.25) is 0 Å². The van der Waals surface area contributed by atoms with Gasteiger partial charge >= 0.3 is 5.97 Å². The quantitative estimate of drug-likeness (QED) is 0.608. The van der Waals surface area contributed by atoms with E-state index in [2.05, 4.69) is 0 Å². The average molecular weight is 211 g/mol. The van der Waals surface area contributed by atoms with E-state index in [9.17, 15) is 4.79 Å². The molecule has 0 bridgehead atoms. The highest BCUT2D eigenvalue weighted by Gasteiger charge is 2.04. The minimum atomic E-state index is -0.904. The van der Waals surface area contributed by atoms with Gasteiger partial charge in [0.15, 0.2) is 0 Å². The highest BCUT2D eigenvalue weighted by molar-refractivity contribution is 5.71. The van der Waals surface area contributed by atoms with Gasteiger partial charge in [-0.3, -0.25) is 4.79 Å². The fourth-order valence-corrected chi connectivity index (χ4v) is 1.17. The lowest BCUT2D eigenvalue weighted by molar-refractivity contribution is -0.136. The van der Waals surface area contributed by atoms with Crippen LogP contribution in [0.1, 0.15) is 5.56 Å². The summed E-state index contributed by atoms with van der Waals surface area (Å²) in [6.45, 7) is 0.0821. The summed E-state index contributed by atoms with van der Waals surface area (Å²) < 4.78 is 5.12. The van der Waals surface area contributed by atoms with E-state index in [1.165, 1.54) is 0 Å². The van der Waals surface area contributed by atoms with Gasteiger partial charge in [-0.1, -0.05) is 6.07 Å². The minimum Gasteiger partial charge on any atom is -0.489 e. The van der Waals surface area contributed by atoms with Gasteiger partial charge in [0.1, 0.15) is 12.4 Å². The van der Waals surface area contributed by atoms with Gasteiger partial charge in [-0.2, -0.15) is 0 Å². The Morgan fingerprint density at radius 2 is 2.20 bits per heavy atom. The third kappa shape index (κ3) is 3.47. The van der Waals surface area contributed by atoms with Crippen LogP contribution in [0.15, 0.2) is 18.2 Å². The maximum Gasteiger partial charge on any atom is 0.307 e. The second kappa shape index (κ2) is 5.21. The molecule has 0 fully saturated rings. The molecule has 0 radical (unpaired) electrons. The molecule has 0 saturated heterocycles. The van der Waals surface area contributed by atoms with E-state index < -0.39 is 5.97 Å². The van der Waals surface area contributed by atoms with Gasteiger partial charge in [0.05, 0.1) is 18.7 Å². The summed E-state index contributed by atoms with van der Waals surface area (Å²) >= 11 is 0. The normalized spacial score (nSPS) is 9.93. The van der Waals surface area contributed by atoms with Gasteiger partial charge < -0.3 is 20.7 Å². The standard InChI is InChI=1S/C10H13NO4/c11-8-5-7(6-10(13)14)1-2-9(8)15-4-3-12/h1-2,5,12H,3-4,6,11H2,(H,13,14). The van der Waals surface area contributed by atoms with E-state index in [0.29, 0.717) is 17.0 Å². The molecule has 0 aliphatic carbocycles. The first kappa shape index (κ1) is 11.3. The SMILES string of the molecule is Nc1cc(CC(=O)O)ccc1OCCO. The summed E-state index contributed by atoms with van der Waals surface area (Å²) in [6.07, 6.45) is -0.0650. The number of ether oxygens (including phenoxy) is 1. The Labute approximate surface area is 87.1 Å². The molecule has 0 atom stereocenters. The fraction of sp³-hybridized carbons (Fsp3) is 0.300. The van der Waals surface area contributed by atoms with Gasteiger partial charge in [0.25, 0.3) is 0 Å². The Kier molecular flexibility index (Phi) is 3.93. The van der Waals surface area contributed by atoms with Gasteiger partial charge in [0, 0.05) is 0 Å².